The molecule has 0 aliphatic carbocycles. The third-order valence-corrected chi connectivity index (χ3v) is 3.88. The van der Waals surface area contributed by atoms with Crippen LogP contribution in [0.25, 0.3) is 0 Å². The zero-order valence-electron chi connectivity index (χ0n) is 11.9. The van der Waals surface area contributed by atoms with Crippen LogP contribution in [0, 0.1) is 6.92 Å². The number of ether oxygens (including phenoxy) is 1. The SMILES string of the molecule is COc1ccc([C@H]2CCCCN2C(C)C)c(C)n1. The van der Waals surface area contributed by atoms with Crippen LogP contribution in [0.4, 0.5) is 0 Å². The van der Waals surface area contributed by atoms with E-state index in [9.17, 15) is 0 Å². The van der Waals surface area contributed by atoms with E-state index in [0.717, 1.165) is 5.69 Å². The van der Waals surface area contributed by atoms with Crippen LogP contribution in [0.15, 0.2) is 12.1 Å². The van der Waals surface area contributed by atoms with Crippen molar-refractivity contribution in [1.29, 1.82) is 0 Å². The van der Waals surface area contributed by atoms with Crippen molar-refractivity contribution in [2.24, 2.45) is 0 Å². The summed E-state index contributed by atoms with van der Waals surface area (Å²) >= 11 is 0. The van der Waals surface area contributed by atoms with E-state index in [2.05, 4.69) is 36.7 Å². The largest absolute Gasteiger partial charge is 0.481 e. The first kappa shape index (κ1) is 13.3. The van der Waals surface area contributed by atoms with E-state index in [1.54, 1.807) is 7.11 Å². The monoisotopic (exact) mass is 248 g/mol. The standard InChI is InChI=1S/C15H24N2O/c1-11(2)17-10-6-5-7-14(17)13-8-9-15(18-4)16-12(13)3/h8-9,11,14H,5-7,10H2,1-4H3/t14-/m1/s1. The van der Waals surface area contributed by atoms with Crippen molar-refractivity contribution in [2.45, 2.75) is 52.1 Å². The summed E-state index contributed by atoms with van der Waals surface area (Å²) in [5.41, 5.74) is 2.47. The Hall–Kier alpha value is -1.09. The van der Waals surface area contributed by atoms with Gasteiger partial charge in [0.1, 0.15) is 0 Å². The summed E-state index contributed by atoms with van der Waals surface area (Å²) in [5, 5.41) is 0. The number of aryl methyl sites for hydroxylation is 1. The molecule has 3 heteroatoms. The Morgan fingerprint density at radius 1 is 1.33 bits per heavy atom. The maximum Gasteiger partial charge on any atom is 0.213 e. The maximum atomic E-state index is 5.19. The maximum absolute atomic E-state index is 5.19. The van der Waals surface area contributed by atoms with Gasteiger partial charge in [-0.1, -0.05) is 12.5 Å². The molecule has 0 N–H and O–H groups in total. The third kappa shape index (κ3) is 2.66. The smallest absolute Gasteiger partial charge is 0.213 e. The van der Waals surface area contributed by atoms with Crippen LogP contribution in [0.2, 0.25) is 0 Å². The molecule has 0 saturated carbocycles. The van der Waals surface area contributed by atoms with Crippen molar-refractivity contribution in [1.82, 2.24) is 9.88 Å². The molecule has 1 aliphatic rings. The minimum atomic E-state index is 0.525. The first-order valence-corrected chi connectivity index (χ1v) is 6.90. The van der Waals surface area contributed by atoms with E-state index in [1.807, 2.05) is 6.07 Å². The Balaban J connectivity index is 2.28. The Labute approximate surface area is 110 Å². The Morgan fingerprint density at radius 3 is 2.72 bits per heavy atom. The molecule has 0 amide bonds. The molecule has 1 aromatic heterocycles. The average molecular weight is 248 g/mol. The molecule has 1 aromatic rings. The fraction of sp³-hybridized carbons (Fsp3) is 0.667. The van der Waals surface area contributed by atoms with Gasteiger partial charge >= 0.3 is 0 Å². The average Bonchev–Trinajstić information content (AvgIpc) is 2.38. The van der Waals surface area contributed by atoms with Gasteiger partial charge in [0.05, 0.1) is 7.11 Å². The van der Waals surface area contributed by atoms with Crippen molar-refractivity contribution >= 4 is 0 Å². The van der Waals surface area contributed by atoms with Gasteiger partial charge in [0, 0.05) is 23.8 Å². The number of hydrogen-bond donors (Lipinski definition) is 0. The highest BCUT2D eigenvalue weighted by Gasteiger charge is 2.27. The van der Waals surface area contributed by atoms with Crippen LogP contribution in [0.3, 0.4) is 0 Å². The molecule has 1 aliphatic heterocycles. The second kappa shape index (κ2) is 5.70. The molecule has 0 bridgehead atoms. The summed E-state index contributed by atoms with van der Waals surface area (Å²) < 4.78 is 5.19. The molecular formula is C15H24N2O. The van der Waals surface area contributed by atoms with Gasteiger partial charge in [-0.3, -0.25) is 4.90 Å². The lowest BCUT2D eigenvalue weighted by Crippen LogP contribution is -2.38. The number of aromatic nitrogens is 1. The van der Waals surface area contributed by atoms with Crippen LogP contribution in [0.1, 0.15) is 50.4 Å². The van der Waals surface area contributed by atoms with Gasteiger partial charge in [-0.25, -0.2) is 4.98 Å². The van der Waals surface area contributed by atoms with Gasteiger partial charge in [-0.15, -0.1) is 0 Å². The molecule has 1 atom stereocenters. The number of methoxy groups -OCH3 is 1. The first-order chi connectivity index (χ1) is 8.63. The van der Waals surface area contributed by atoms with Gasteiger partial charge in [0.2, 0.25) is 5.88 Å². The van der Waals surface area contributed by atoms with Gasteiger partial charge in [-0.05, 0) is 45.7 Å². The second-order valence-corrected chi connectivity index (χ2v) is 5.37. The third-order valence-electron chi connectivity index (χ3n) is 3.88. The summed E-state index contributed by atoms with van der Waals surface area (Å²) in [5.74, 6) is 0.711. The molecule has 1 fully saturated rings. The summed E-state index contributed by atoms with van der Waals surface area (Å²) in [6.45, 7) is 7.86. The Bertz CT molecular complexity index is 403. The number of piperidine rings is 1. The highest BCUT2D eigenvalue weighted by molar-refractivity contribution is 5.28. The minimum Gasteiger partial charge on any atom is -0.481 e. The zero-order valence-corrected chi connectivity index (χ0v) is 11.9. The summed E-state index contributed by atoms with van der Waals surface area (Å²) in [7, 11) is 1.67. The molecule has 0 spiro atoms. The van der Waals surface area contributed by atoms with Crippen molar-refractivity contribution in [3.8, 4) is 5.88 Å². The van der Waals surface area contributed by atoms with Crippen LogP contribution in [0.5, 0.6) is 5.88 Å². The number of rotatable bonds is 3. The minimum absolute atomic E-state index is 0.525. The van der Waals surface area contributed by atoms with Crippen LogP contribution in [-0.4, -0.2) is 29.6 Å². The van der Waals surface area contributed by atoms with Gasteiger partial charge in [-0.2, -0.15) is 0 Å². The first-order valence-electron chi connectivity index (χ1n) is 6.90. The predicted octanol–water partition coefficient (Wildman–Crippen LogP) is 3.33. The lowest BCUT2D eigenvalue weighted by atomic mass is 9.93. The second-order valence-electron chi connectivity index (χ2n) is 5.37. The topological polar surface area (TPSA) is 25.4 Å². The quantitative estimate of drug-likeness (QED) is 0.820. The van der Waals surface area contributed by atoms with E-state index < -0.39 is 0 Å². The van der Waals surface area contributed by atoms with Crippen molar-refractivity contribution in [3.63, 3.8) is 0 Å². The fourth-order valence-corrected chi connectivity index (χ4v) is 2.92. The molecule has 1 saturated heterocycles. The highest BCUT2D eigenvalue weighted by atomic mass is 16.5. The molecular weight excluding hydrogens is 224 g/mol. The zero-order chi connectivity index (χ0) is 13.1. The molecule has 0 unspecified atom stereocenters. The lowest BCUT2D eigenvalue weighted by Gasteiger charge is -2.39. The van der Waals surface area contributed by atoms with Crippen molar-refractivity contribution < 1.29 is 4.74 Å². The summed E-state index contributed by atoms with van der Waals surface area (Å²) in [4.78, 5) is 7.11. The van der Waals surface area contributed by atoms with Gasteiger partial charge in [0.25, 0.3) is 0 Å². The van der Waals surface area contributed by atoms with Crippen LogP contribution < -0.4 is 4.74 Å². The number of pyridine rings is 1. The van der Waals surface area contributed by atoms with E-state index in [4.69, 9.17) is 4.74 Å². The van der Waals surface area contributed by atoms with Crippen molar-refractivity contribution in [3.05, 3.63) is 23.4 Å². The van der Waals surface area contributed by atoms with Crippen LogP contribution >= 0.6 is 0 Å². The molecule has 18 heavy (non-hydrogen) atoms. The Morgan fingerprint density at radius 2 is 2.11 bits per heavy atom. The Kier molecular flexibility index (Phi) is 4.23. The molecule has 100 valence electrons. The molecule has 2 heterocycles. The number of hydrogen-bond acceptors (Lipinski definition) is 3. The normalized spacial score (nSPS) is 21.3. The molecule has 0 aromatic carbocycles. The van der Waals surface area contributed by atoms with E-state index in [-0.39, 0.29) is 0 Å². The molecule has 0 radical (unpaired) electrons. The molecule has 2 rings (SSSR count). The number of nitrogens with zero attached hydrogens (tertiary/aromatic N) is 2. The fourth-order valence-electron chi connectivity index (χ4n) is 2.92. The highest BCUT2D eigenvalue weighted by Crippen LogP contribution is 2.34. The summed E-state index contributed by atoms with van der Waals surface area (Å²) in [6, 6.07) is 5.29. The van der Waals surface area contributed by atoms with E-state index in [1.165, 1.54) is 31.4 Å². The van der Waals surface area contributed by atoms with E-state index in [0.29, 0.717) is 18.0 Å². The van der Waals surface area contributed by atoms with E-state index >= 15 is 0 Å². The summed E-state index contributed by atoms with van der Waals surface area (Å²) in [6.07, 6.45) is 3.88. The predicted molar refractivity (Wildman–Crippen MR) is 74.0 cm³/mol. The van der Waals surface area contributed by atoms with Crippen molar-refractivity contribution in [2.75, 3.05) is 13.7 Å². The van der Waals surface area contributed by atoms with Crippen LogP contribution in [-0.2, 0) is 0 Å². The van der Waals surface area contributed by atoms with Gasteiger partial charge in [0.15, 0.2) is 0 Å². The lowest BCUT2D eigenvalue weighted by molar-refractivity contribution is 0.111. The number of likely N-dealkylation sites (tertiary alicyclic amines) is 1. The molecule has 3 nitrogen and oxygen atoms in total. The van der Waals surface area contributed by atoms with Gasteiger partial charge < -0.3 is 4.74 Å².